The average molecular weight is 567 g/mol. The number of thiazole rings is 1. The molecule has 0 aliphatic heterocycles. The minimum Gasteiger partial charge on any atom is -0.342 e. The van der Waals surface area contributed by atoms with Crippen LogP contribution >= 0.6 is 34.7 Å². The second-order valence-electron chi connectivity index (χ2n) is 8.68. The molecule has 0 fully saturated rings. The first kappa shape index (κ1) is 27.6. The highest BCUT2D eigenvalue weighted by Crippen LogP contribution is 2.28. The van der Waals surface area contributed by atoms with Crippen molar-refractivity contribution >= 4 is 51.6 Å². The third-order valence-electron chi connectivity index (χ3n) is 5.55. The van der Waals surface area contributed by atoms with Gasteiger partial charge < -0.3 is 15.2 Å². The molecule has 0 saturated carbocycles. The molecule has 11 heteroatoms. The standard InChI is InChI=1S/C27H27ClN6O2S2/c1-4-14-34-24(23(17(2)3)31-25(36)19-8-6-5-7-9-19)32-33-27(34)38-16-22(35)30-26-29-21(15-37-26)18-10-12-20(28)13-11-18/h4-13,15,17,23H,1,14,16H2,2-3H3,(H,31,36)(H,29,30,35)/t23-/m1/s1. The Kier molecular flexibility index (Phi) is 9.33. The van der Waals surface area contributed by atoms with Gasteiger partial charge in [-0.05, 0) is 30.2 Å². The van der Waals surface area contributed by atoms with E-state index in [0.717, 1.165) is 11.3 Å². The van der Waals surface area contributed by atoms with Crippen molar-refractivity contribution < 1.29 is 9.59 Å². The lowest BCUT2D eigenvalue weighted by Crippen LogP contribution is -2.33. The third kappa shape index (κ3) is 6.89. The van der Waals surface area contributed by atoms with Crippen molar-refractivity contribution in [3.8, 4) is 11.3 Å². The molecule has 0 aliphatic rings. The smallest absolute Gasteiger partial charge is 0.251 e. The first-order chi connectivity index (χ1) is 18.4. The summed E-state index contributed by atoms with van der Waals surface area (Å²) >= 11 is 8.57. The number of allylic oxidation sites excluding steroid dienone is 1. The van der Waals surface area contributed by atoms with Gasteiger partial charge in [-0.1, -0.05) is 73.6 Å². The van der Waals surface area contributed by atoms with Gasteiger partial charge >= 0.3 is 0 Å². The second kappa shape index (κ2) is 12.9. The normalized spacial score (nSPS) is 11.8. The van der Waals surface area contributed by atoms with Gasteiger partial charge in [0.15, 0.2) is 16.1 Å². The Hall–Kier alpha value is -3.47. The molecule has 0 bridgehead atoms. The van der Waals surface area contributed by atoms with Crippen molar-refractivity contribution in [1.29, 1.82) is 0 Å². The highest BCUT2D eigenvalue weighted by atomic mass is 35.5. The lowest BCUT2D eigenvalue weighted by Gasteiger charge is -2.22. The van der Waals surface area contributed by atoms with Crippen LogP contribution in [0.15, 0.2) is 77.8 Å². The van der Waals surface area contributed by atoms with E-state index in [1.54, 1.807) is 30.3 Å². The van der Waals surface area contributed by atoms with Crippen molar-refractivity contribution in [3.63, 3.8) is 0 Å². The van der Waals surface area contributed by atoms with Crippen molar-refractivity contribution in [2.45, 2.75) is 31.6 Å². The lowest BCUT2D eigenvalue weighted by molar-refractivity contribution is -0.113. The molecule has 0 radical (unpaired) electrons. The summed E-state index contributed by atoms with van der Waals surface area (Å²) in [4.78, 5) is 30.0. The minimum atomic E-state index is -0.375. The Morgan fingerprint density at radius 1 is 1.13 bits per heavy atom. The van der Waals surface area contributed by atoms with Gasteiger partial charge in [0.05, 0.1) is 17.5 Å². The highest BCUT2D eigenvalue weighted by molar-refractivity contribution is 7.99. The fourth-order valence-electron chi connectivity index (χ4n) is 3.65. The largest absolute Gasteiger partial charge is 0.342 e. The molecule has 38 heavy (non-hydrogen) atoms. The van der Waals surface area contributed by atoms with Crippen LogP contribution in [0.4, 0.5) is 5.13 Å². The predicted octanol–water partition coefficient (Wildman–Crippen LogP) is 6.10. The van der Waals surface area contributed by atoms with Gasteiger partial charge in [-0.2, -0.15) is 0 Å². The number of hydrogen-bond acceptors (Lipinski definition) is 7. The van der Waals surface area contributed by atoms with E-state index in [4.69, 9.17) is 11.6 Å². The van der Waals surface area contributed by atoms with E-state index in [-0.39, 0.29) is 29.5 Å². The van der Waals surface area contributed by atoms with Crippen molar-refractivity contribution in [3.05, 3.63) is 89.0 Å². The number of hydrogen-bond donors (Lipinski definition) is 2. The molecular formula is C27H27ClN6O2S2. The molecule has 4 rings (SSSR count). The van der Waals surface area contributed by atoms with Crippen LogP contribution in [0.5, 0.6) is 0 Å². The topological polar surface area (TPSA) is 102 Å². The number of thioether (sulfide) groups is 1. The summed E-state index contributed by atoms with van der Waals surface area (Å²) in [6.45, 7) is 8.30. The highest BCUT2D eigenvalue weighted by Gasteiger charge is 2.26. The number of carbonyl (C=O) groups is 2. The molecule has 2 heterocycles. The van der Waals surface area contributed by atoms with Crippen LogP contribution in [0.2, 0.25) is 5.02 Å². The summed E-state index contributed by atoms with van der Waals surface area (Å²) in [5.41, 5.74) is 2.26. The molecule has 2 aromatic carbocycles. The fourth-order valence-corrected chi connectivity index (χ4v) is 5.27. The number of nitrogens with zero attached hydrogens (tertiary/aromatic N) is 4. The van der Waals surface area contributed by atoms with Crippen LogP contribution in [0, 0.1) is 5.92 Å². The minimum absolute atomic E-state index is 0.0521. The Bertz CT molecular complexity index is 1400. The van der Waals surface area contributed by atoms with Crippen molar-refractivity contribution in [1.82, 2.24) is 25.1 Å². The Morgan fingerprint density at radius 3 is 2.55 bits per heavy atom. The zero-order valence-electron chi connectivity index (χ0n) is 20.9. The van der Waals surface area contributed by atoms with Crippen LogP contribution in [-0.2, 0) is 11.3 Å². The third-order valence-corrected chi connectivity index (χ3v) is 7.52. The summed E-state index contributed by atoms with van der Waals surface area (Å²) in [5.74, 6) is 0.385. The van der Waals surface area contributed by atoms with Gasteiger partial charge in [-0.3, -0.25) is 9.59 Å². The van der Waals surface area contributed by atoms with Gasteiger partial charge in [-0.25, -0.2) is 4.98 Å². The predicted molar refractivity (Wildman–Crippen MR) is 154 cm³/mol. The van der Waals surface area contributed by atoms with Crippen LogP contribution in [0.1, 0.15) is 36.1 Å². The molecule has 0 aliphatic carbocycles. The second-order valence-corrected chi connectivity index (χ2v) is 10.9. The number of carbonyl (C=O) groups excluding carboxylic acids is 2. The van der Waals surface area contributed by atoms with Gasteiger partial charge in [0.2, 0.25) is 5.91 Å². The fraction of sp³-hybridized carbons (Fsp3) is 0.222. The van der Waals surface area contributed by atoms with Crippen LogP contribution in [0.25, 0.3) is 11.3 Å². The zero-order chi connectivity index (χ0) is 27.1. The number of halogens is 1. The number of amides is 2. The number of rotatable bonds is 11. The molecule has 0 saturated heterocycles. The zero-order valence-corrected chi connectivity index (χ0v) is 23.3. The first-order valence-corrected chi connectivity index (χ1v) is 14.1. The monoisotopic (exact) mass is 566 g/mol. The number of nitrogens with one attached hydrogen (secondary N) is 2. The molecule has 8 nitrogen and oxygen atoms in total. The maximum absolute atomic E-state index is 12.8. The van der Waals surface area contributed by atoms with Gasteiger partial charge in [0.1, 0.15) is 0 Å². The number of benzene rings is 2. The van der Waals surface area contributed by atoms with E-state index in [9.17, 15) is 9.59 Å². The Labute approximate surface area is 234 Å². The number of anilines is 1. The van der Waals surface area contributed by atoms with Crippen molar-refractivity contribution in [2.24, 2.45) is 5.92 Å². The quantitative estimate of drug-likeness (QED) is 0.168. The average Bonchev–Trinajstić information content (AvgIpc) is 3.54. The van der Waals surface area contributed by atoms with Gasteiger partial charge in [0, 0.05) is 28.1 Å². The van der Waals surface area contributed by atoms with E-state index < -0.39 is 0 Å². The van der Waals surface area contributed by atoms with Crippen LogP contribution < -0.4 is 10.6 Å². The maximum atomic E-state index is 12.8. The van der Waals surface area contributed by atoms with E-state index in [1.807, 2.05) is 54.1 Å². The summed E-state index contributed by atoms with van der Waals surface area (Å²) in [6.07, 6.45) is 1.74. The molecule has 2 aromatic heterocycles. The van der Waals surface area contributed by atoms with E-state index in [1.165, 1.54) is 23.1 Å². The molecule has 1 atom stereocenters. The molecule has 2 amide bonds. The SMILES string of the molecule is C=CCn1c(SCC(=O)Nc2nc(-c3ccc(Cl)cc3)cs2)nnc1[C@H](NC(=O)c1ccccc1)C(C)C. The van der Waals surface area contributed by atoms with E-state index >= 15 is 0 Å². The lowest BCUT2D eigenvalue weighted by atomic mass is 10.0. The van der Waals surface area contributed by atoms with Crippen LogP contribution in [0.3, 0.4) is 0 Å². The molecule has 4 aromatic rings. The Balaban J connectivity index is 1.43. The van der Waals surface area contributed by atoms with Crippen LogP contribution in [-0.4, -0.2) is 37.3 Å². The molecule has 2 N–H and O–H groups in total. The summed E-state index contributed by atoms with van der Waals surface area (Å²) in [5, 5.41) is 18.2. The summed E-state index contributed by atoms with van der Waals surface area (Å²) in [7, 11) is 0. The molecule has 196 valence electrons. The van der Waals surface area contributed by atoms with Gasteiger partial charge in [-0.15, -0.1) is 28.1 Å². The van der Waals surface area contributed by atoms with Gasteiger partial charge in [0.25, 0.3) is 5.91 Å². The summed E-state index contributed by atoms with van der Waals surface area (Å²) < 4.78 is 1.88. The number of aromatic nitrogens is 4. The Morgan fingerprint density at radius 2 is 1.87 bits per heavy atom. The first-order valence-electron chi connectivity index (χ1n) is 11.9. The molecule has 0 unspecified atom stereocenters. The van der Waals surface area contributed by atoms with E-state index in [0.29, 0.717) is 33.2 Å². The van der Waals surface area contributed by atoms with E-state index in [2.05, 4.69) is 32.4 Å². The summed E-state index contributed by atoms with van der Waals surface area (Å²) in [6, 6.07) is 16.0. The molecule has 0 spiro atoms. The maximum Gasteiger partial charge on any atom is 0.251 e. The molecular weight excluding hydrogens is 540 g/mol. The van der Waals surface area contributed by atoms with Crippen molar-refractivity contribution in [2.75, 3.05) is 11.1 Å².